The predicted molar refractivity (Wildman–Crippen MR) is 176 cm³/mol. The molecule has 0 aliphatic heterocycles. The SMILES string of the molecule is C=C(C)[C@@H]1CC[C@]2(C(=O)NCC(=O)OC)CC[C@]3(C)C(CCC4[C@@]5(C)Cc6c([nH]c7ccccc67)C(C)(C)C5CC[C@]43C)C12. The maximum atomic E-state index is 14.1. The van der Waals surface area contributed by atoms with Crippen molar-refractivity contribution in [1.82, 2.24) is 10.3 Å². The van der Waals surface area contributed by atoms with Crippen molar-refractivity contribution in [3.05, 3.63) is 47.7 Å². The molecule has 1 aromatic heterocycles. The molecule has 0 saturated heterocycles. The molecule has 2 aromatic rings. The number of amides is 1. The van der Waals surface area contributed by atoms with Crippen LogP contribution in [0.3, 0.4) is 0 Å². The van der Waals surface area contributed by atoms with Crippen LogP contribution in [-0.2, 0) is 26.2 Å². The summed E-state index contributed by atoms with van der Waals surface area (Å²) in [6, 6.07) is 8.94. The molecular formula is C39H54N2O3. The van der Waals surface area contributed by atoms with Crippen molar-refractivity contribution in [2.75, 3.05) is 13.7 Å². The average Bonchev–Trinajstić information content (AvgIpc) is 3.56. The highest BCUT2D eigenvalue weighted by Crippen LogP contribution is 2.77. The van der Waals surface area contributed by atoms with Gasteiger partial charge in [0.05, 0.1) is 12.5 Å². The molecule has 238 valence electrons. The van der Waals surface area contributed by atoms with E-state index >= 15 is 0 Å². The molecule has 7 rings (SSSR count). The lowest BCUT2D eigenvalue weighted by atomic mass is 9.32. The molecule has 5 aliphatic rings. The number of para-hydroxylation sites is 1. The summed E-state index contributed by atoms with van der Waals surface area (Å²) < 4.78 is 4.87. The van der Waals surface area contributed by atoms with Gasteiger partial charge in [-0.2, -0.15) is 0 Å². The fourth-order valence-electron chi connectivity index (χ4n) is 13.2. The Balaban J connectivity index is 1.28. The Morgan fingerprint density at radius 3 is 2.43 bits per heavy atom. The van der Waals surface area contributed by atoms with E-state index in [0.29, 0.717) is 23.7 Å². The second kappa shape index (κ2) is 9.72. The van der Waals surface area contributed by atoms with Crippen LogP contribution >= 0.6 is 0 Å². The van der Waals surface area contributed by atoms with E-state index < -0.39 is 5.41 Å². The molecule has 4 saturated carbocycles. The predicted octanol–water partition coefficient (Wildman–Crippen LogP) is 8.13. The minimum Gasteiger partial charge on any atom is -0.468 e. The van der Waals surface area contributed by atoms with Crippen LogP contribution in [0.25, 0.3) is 10.9 Å². The number of nitrogens with one attached hydrogen (secondary N) is 2. The van der Waals surface area contributed by atoms with Crippen LogP contribution in [-0.4, -0.2) is 30.5 Å². The van der Waals surface area contributed by atoms with Gasteiger partial charge < -0.3 is 15.0 Å². The lowest BCUT2D eigenvalue weighted by Crippen LogP contribution is -2.67. The minimum absolute atomic E-state index is 0.0470. The number of aromatic nitrogens is 1. The molecule has 0 radical (unpaired) electrons. The molecule has 1 amide bonds. The zero-order valence-corrected chi connectivity index (χ0v) is 28.2. The smallest absolute Gasteiger partial charge is 0.325 e. The molecule has 1 aromatic carbocycles. The molecule has 5 aliphatic carbocycles. The van der Waals surface area contributed by atoms with Gasteiger partial charge in [-0.25, -0.2) is 0 Å². The Bertz CT molecular complexity index is 1540. The van der Waals surface area contributed by atoms with Crippen LogP contribution in [0, 0.1) is 51.2 Å². The largest absolute Gasteiger partial charge is 0.468 e. The fourth-order valence-corrected chi connectivity index (χ4v) is 13.2. The Morgan fingerprint density at radius 2 is 1.70 bits per heavy atom. The normalized spacial score (nSPS) is 41.8. The van der Waals surface area contributed by atoms with E-state index in [1.807, 2.05) is 0 Å². The topological polar surface area (TPSA) is 71.2 Å². The first-order chi connectivity index (χ1) is 20.7. The van der Waals surface area contributed by atoms with Crippen molar-refractivity contribution >= 4 is 22.8 Å². The summed E-state index contributed by atoms with van der Waals surface area (Å²) in [6.45, 7) is 19.6. The van der Waals surface area contributed by atoms with Crippen LogP contribution in [0.5, 0.6) is 0 Å². The van der Waals surface area contributed by atoms with Gasteiger partial charge in [-0.05, 0) is 122 Å². The van der Waals surface area contributed by atoms with E-state index in [9.17, 15) is 9.59 Å². The number of H-pyrrole nitrogens is 1. The molecule has 9 atom stereocenters. The number of carbonyl (C=O) groups excluding carboxylic acids is 2. The molecule has 0 spiro atoms. The van der Waals surface area contributed by atoms with Gasteiger partial charge in [0.25, 0.3) is 0 Å². The number of rotatable bonds is 4. The van der Waals surface area contributed by atoms with Crippen LogP contribution in [0.1, 0.15) is 104 Å². The Labute approximate surface area is 264 Å². The number of esters is 1. The van der Waals surface area contributed by atoms with Crippen LogP contribution in [0.2, 0.25) is 0 Å². The molecule has 1 heterocycles. The minimum atomic E-state index is -0.419. The molecular weight excluding hydrogens is 544 g/mol. The Hall–Kier alpha value is -2.56. The second-order valence-electron chi connectivity index (χ2n) is 17.0. The number of fused-ring (bicyclic) bond motifs is 10. The third kappa shape index (κ3) is 3.70. The highest BCUT2D eigenvalue weighted by Gasteiger charge is 2.71. The highest BCUT2D eigenvalue weighted by molar-refractivity contribution is 5.87. The number of benzene rings is 1. The molecule has 5 nitrogen and oxygen atoms in total. The quantitative estimate of drug-likeness (QED) is 0.276. The van der Waals surface area contributed by atoms with E-state index in [0.717, 1.165) is 32.1 Å². The fraction of sp³-hybridized carbons (Fsp3) is 0.692. The maximum Gasteiger partial charge on any atom is 0.325 e. The number of carbonyl (C=O) groups is 2. The first-order valence-corrected chi connectivity index (χ1v) is 17.4. The monoisotopic (exact) mass is 598 g/mol. The van der Waals surface area contributed by atoms with Gasteiger partial charge in [0, 0.05) is 22.0 Å². The number of allylic oxidation sites excluding steroid dienone is 1. The summed E-state index contributed by atoms with van der Waals surface area (Å²) in [5, 5.41) is 4.44. The van der Waals surface area contributed by atoms with E-state index in [1.54, 1.807) is 5.56 Å². The van der Waals surface area contributed by atoms with Crippen LogP contribution in [0.15, 0.2) is 36.4 Å². The van der Waals surface area contributed by atoms with Crippen molar-refractivity contribution in [1.29, 1.82) is 0 Å². The van der Waals surface area contributed by atoms with E-state index in [-0.39, 0.29) is 46.0 Å². The maximum absolute atomic E-state index is 14.1. The summed E-state index contributed by atoms with van der Waals surface area (Å²) >= 11 is 0. The van der Waals surface area contributed by atoms with Gasteiger partial charge in [-0.1, -0.05) is 65.0 Å². The molecule has 0 bridgehead atoms. The third-order valence-electron chi connectivity index (χ3n) is 15.3. The van der Waals surface area contributed by atoms with E-state index in [4.69, 9.17) is 4.74 Å². The zero-order chi connectivity index (χ0) is 31.4. The van der Waals surface area contributed by atoms with Gasteiger partial charge in [-0.15, -0.1) is 0 Å². The van der Waals surface area contributed by atoms with E-state index in [1.165, 1.54) is 55.0 Å². The van der Waals surface area contributed by atoms with Crippen molar-refractivity contribution in [2.24, 2.45) is 51.2 Å². The van der Waals surface area contributed by atoms with Gasteiger partial charge in [0.1, 0.15) is 6.54 Å². The lowest BCUT2D eigenvalue weighted by molar-refractivity contribution is -0.224. The first kappa shape index (κ1) is 30.1. The summed E-state index contributed by atoms with van der Waals surface area (Å²) in [4.78, 5) is 30.0. The summed E-state index contributed by atoms with van der Waals surface area (Å²) in [6.07, 6.45) is 9.99. The zero-order valence-electron chi connectivity index (χ0n) is 28.2. The third-order valence-corrected chi connectivity index (χ3v) is 15.3. The number of methoxy groups -OCH3 is 1. The van der Waals surface area contributed by atoms with Gasteiger partial charge >= 0.3 is 5.97 Å². The highest BCUT2D eigenvalue weighted by atomic mass is 16.5. The van der Waals surface area contributed by atoms with Crippen molar-refractivity contribution in [3.8, 4) is 0 Å². The average molecular weight is 599 g/mol. The number of hydrogen-bond donors (Lipinski definition) is 2. The van der Waals surface area contributed by atoms with Crippen LogP contribution < -0.4 is 5.32 Å². The number of aromatic amines is 1. The second-order valence-corrected chi connectivity index (χ2v) is 17.0. The van der Waals surface area contributed by atoms with Gasteiger partial charge in [0.2, 0.25) is 5.91 Å². The Morgan fingerprint density at radius 1 is 0.955 bits per heavy atom. The van der Waals surface area contributed by atoms with Crippen molar-refractivity contribution in [3.63, 3.8) is 0 Å². The standard InChI is InChI=1S/C39H54N2O3/c1-23(2)24-15-18-39(34(43)40-22-31(42)44-8)20-19-37(6)27(32(24)39)13-14-30-36(5)21-26-25-11-9-10-12-28(25)41-33(26)35(3,4)29(36)16-17-38(30,37)7/h9-12,24,27,29-30,32,41H,1,13-22H2,2-8H3,(H,40,43)/t24-,27?,29?,30?,32?,36-,37+,38+,39-/m0/s1. The molecule has 5 heteroatoms. The lowest BCUT2D eigenvalue weighted by Gasteiger charge is -2.72. The molecule has 4 unspecified atom stereocenters. The Kier molecular flexibility index (Phi) is 6.65. The summed E-state index contributed by atoms with van der Waals surface area (Å²) in [5.74, 6) is 2.08. The molecule has 4 fully saturated rings. The number of ether oxygens (including phenoxy) is 1. The van der Waals surface area contributed by atoms with Crippen molar-refractivity contribution < 1.29 is 14.3 Å². The van der Waals surface area contributed by atoms with Gasteiger partial charge in [0.15, 0.2) is 0 Å². The molecule has 44 heavy (non-hydrogen) atoms. The van der Waals surface area contributed by atoms with E-state index in [2.05, 4.69) is 82.7 Å². The molecule has 2 N–H and O–H groups in total. The first-order valence-electron chi connectivity index (χ1n) is 17.4. The van der Waals surface area contributed by atoms with Gasteiger partial charge in [-0.3, -0.25) is 9.59 Å². The number of hydrogen-bond acceptors (Lipinski definition) is 3. The summed E-state index contributed by atoms with van der Waals surface area (Å²) in [5.41, 5.74) is 5.80. The van der Waals surface area contributed by atoms with Crippen molar-refractivity contribution in [2.45, 2.75) is 105 Å². The van der Waals surface area contributed by atoms with Crippen LogP contribution in [0.4, 0.5) is 0 Å². The summed E-state index contributed by atoms with van der Waals surface area (Å²) in [7, 11) is 1.38.